The average molecular weight is 373 g/mol. The van der Waals surface area contributed by atoms with Crippen molar-refractivity contribution in [3.8, 4) is 0 Å². The quantitative estimate of drug-likeness (QED) is 0.607. The molecule has 0 saturated carbocycles. The van der Waals surface area contributed by atoms with E-state index < -0.39 is 18.0 Å². The van der Waals surface area contributed by atoms with Gasteiger partial charge in [0.25, 0.3) is 5.91 Å². The standard InChI is InChI=1S/C24H23NO3/c1-2-21(23(26)25-20-16-10-5-11-17-20)28-24(27)22(18-12-6-3-7-13-18)19-14-8-4-9-15-19/h3-17,21-22H,2H2,1H3,(H,25,26). The van der Waals surface area contributed by atoms with E-state index in [-0.39, 0.29) is 5.91 Å². The van der Waals surface area contributed by atoms with E-state index in [4.69, 9.17) is 4.74 Å². The van der Waals surface area contributed by atoms with Crippen LogP contribution < -0.4 is 5.32 Å². The second-order valence-electron chi connectivity index (χ2n) is 6.44. The van der Waals surface area contributed by atoms with Crippen molar-refractivity contribution in [2.75, 3.05) is 5.32 Å². The van der Waals surface area contributed by atoms with Crippen LogP contribution in [0.15, 0.2) is 91.0 Å². The maximum Gasteiger partial charge on any atom is 0.318 e. The van der Waals surface area contributed by atoms with E-state index in [2.05, 4.69) is 5.32 Å². The first-order valence-corrected chi connectivity index (χ1v) is 9.35. The zero-order valence-corrected chi connectivity index (χ0v) is 15.7. The fraction of sp³-hybridized carbons (Fsp3) is 0.167. The van der Waals surface area contributed by atoms with Crippen LogP contribution in [0.25, 0.3) is 0 Å². The Bertz CT molecular complexity index is 855. The van der Waals surface area contributed by atoms with Gasteiger partial charge in [0.15, 0.2) is 6.10 Å². The Morgan fingerprint density at radius 3 is 1.71 bits per heavy atom. The molecule has 4 heteroatoms. The number of carbonyl (C=O) groups excluding carboxylic acids is 2. The van der Waals surface area contributed by atoms with Gasteiger partial charge in [0.2, 0.25) is 0 Å². The molecule has 0 bridgehead atoms. The molecule has 0 aliphatic heterocycles. The first-order chi connectivity index (χ1) is 13.7. The van der Waals surface area contributed by atoms with Crippen molar-refractivity contribution in [3.63, 3.8) is 0 Å². The molecule has 142 valence electrons. The molecule has 3 rings (SSSR count). The lowest BCUT2D eigenvalue weighted by molar-refractivity contribution is -0.155. The Morgan fingerprint density at radius 2 is 1.25 bits per heavy atom. The number of hydrogen-bond donors (Lipinski definition) is 1. The Kier molecular flexibility index (Phi) is 6.58. The van der Waals surface area contributed by atoms with E-state index in [1.807, 2.05) is 85.8 Å². The molecule has 28 heavy (non-hydrogen) atoms. The van der Waals surface area contributed by atoms with Gasteiger partial charge in [-0.3, -0.25) is 9.59 Å². The summed E-state index contributed by atoms with van der Waals surface area (Å²) in [5.41, 5.74) is 2.33. The Hall–Kier alpha value is -3.40. The van der Waals surface area contributed by atoms with Crippen LogP contribution in [-0.2, 0) is 14.3 Å². The highest BCUT2D eigenvalue weighted by Gasteiger charge is 2.29. The molecule has 1 atom stereocenters. The first-order valence-electron chi connectivity index (χ1n) is 9.35. The summed E-state index contributed by atoms with van der Waals surface area (Å²) in [6.07, 6.45) is -0.469. The first kappa shape index (κ1) is 19.4. The topological polar surface area (TPSA) is 55.4 Å². The van der Waals surface area contributed by atoms with Gasteiger partial charge in [-0.25, -0.2) is 0 Å². The van der Waals surface area contributed by atoms with Gasteiger partial charge in [-0.2, -0.15) is 0 Å². The van der Waals surface area contributed by atoms with Crippen LogP contribution >= 0.6 is 0 Å². The molecule has 0 saturated heterocycles. The van der Waals surface area contributed by atoms with Crippen LogP contribution in [0.1, 0.15) is 30.4 Å². The summed E-state index contributed by atoms with van der Waals surface area (Å²) in [5, 5.41) is 2.80. The van der Waals surface area contributed by atoms with Gasteiger partial charge in [-0.1, -0.05) is 85.8 Å². The summed E-state index contributed by atoms with van der Waals surface area (Å²) in [7, 11) is 0. The lowest BCUT2D eigenvalue weighted by atomic mass is 9.91. The maximum absolute atomic E-state index is 13.1. The summed E-state index contributed by atoms with van der Waals surface area (Å²) >= 11 is 0. The summed E-state index contributed by atoms with van der Waals surface area (Å²) < 4.78 is 5.65. The fourth-order valence-corrected chi connectivity index (χ4v) is 3.03. The third-order valence-electron chi connectivity index (χ3n) is 4.46. The number of anilines is 1. The van der Waals surface area contributed by atoms with E-state index in [1.54, 1.807) is 12.1 Å². The number of esters is 1. The fourth-order valence-electron chi connectivity index (χ4n) is 3.03. The molecule has 4 nitrogen and oxygen atoms in total. The molecular formula is C24H23NO3. The lowest BCUT2D eigenvalue weighted by Crippen LogP contribution is -2.34. The largest absolute Gasteiger partial charge is 0.452 e. The number of benzene rings is 3. The molecule has 3 aromatic carbocycles. The maximum atomic E-state index is 13.1. The molecule has 0 aliphatic carbocycles. The van der Waals surface area contributed by atoms with E-state index in [0.717, 1.165) is 11.1 Å². The second kappa shape index (κ2) is 9.51. The normalized spacial score (nSPS) is 11.6. The summed E-state index contributed by atoms with van der Waals surface area (Å²) in [4.78, 5) is 25.7. The van der Waals surface area contributed by atoms with Crippen molar-refractivity contribution in [3.05, 3.63) is 102 Å². The second-order valence-corrected chi connectivity index (χ2v) is 6.44. The third-order valence-corrected chi connectivity index (χ3v) is 4.46. The predicted octanol–water partition coefficient (Wildman–Crippen LogP) is 4.78. The molecule has 0 fully saturated rings. The van der Waals surface area contributed by atoms with Gasteiger partial charge >= 0.3 is 5.97 Å². The van der Waals surface area contributed by atoms with Crippen LogP contribution in [0.5, 0.6) is 0 Å². The zero-order valence-electron chi connectivity index (χ0n) is 15.7. The zero-order chi connectivity index (χ0) is 19.8. The van der Waals surface area contributed by atoms with E-state index in [0.29, 0.717) is 12.1 Å². The number of rotatable bonds is 7. The minimum atomic E-state index is -0.859. The van der Waals surface area contributed by atoms with Crippen LogP contribution in [0.2, 0.25) is 0 Å². The molecule has 1 amide bonds. The van der Waals surface area contributed by atoms with E-state index in [9.17, 15) is 9.59 Å². The summed E-state index contributed by atoms with van der Waals surface area (Å²) in [5.74, 6) is -1.35. The van der Waals surface area contributed by atoms with Gasteiger partial charge < -0.3 is 10.1 Å². The molecule has 0 heterocycles. The van der Waals surface area contributed by atoms with Crippen LogP contribution in [0, 0.1) is 0 Å². The van der Waals surface area contributed by atoms with Gasteiger partial charge in [-0.15, -0.1) is 0 Å². The van der Waals surface area contributed by atoms with Crippen molar-refractivity contribution < 1.29 is 14.3 Å². The molecule has 0 spiro atoms. The molecule has 0 aliphatic rings. The van der Waals surface area contributed by atoms with E-state index in [1.165, 1.54) is 0 Å². The molecule has 0 aromatic heterocycles. The number of ether oxygens (including phenoxy) is 1. The Labute approximate surface area is 165 Å². The molecular weight excluding hydrogens is 350 g/mol. The Balaban J connectivity index is 1.79. The minimum absolute atomic E-state index is 0.332. The highest BCUT2D eigenvalue weighted by atomic mass is 16.5. The summed E-state index contributed by atoms with van der Waals surface area (Å²) in [6.45, 7) is 1.82. The Morgan fingerprint density at radius 1 is 0.786 bits per heavy atom. The van der Waals surface area contributed by atoms with Crippen LogP contribution in [0.3, 0.4) is 0 Å². The number of nitrogens with one attached hydrogen (secondary N) is 1. The van der Waals surface area contributed by atoms with Crippen molar-refractivity contribution in [1.29, 1.82) is 0 Å². The highest BCUT2D eigenvalue weighted by Crippen LogP contribution is 2.27. The van der Waals surface area contributed by atoms with Crippen molar-refractivity contribution >= 4 is 17.6 Å². The third kappa shape index (κ3) is 4.86. The van der Waals surface area contributed by atoms with E-state index >= 15 is 0 Å². The van der Waals surface area contributed by atoms with Gasteiger partial charge in [-0.05, 0) is 29.7 Å². The molecule has 1 N–H and O–H groups in total. The van der Waals surface area contributed by atoms with Crippen molar-refractivity contribution in [2.24, 2.45) is 0 Å². The van der Waals surface area contributed by atoms with Crippen molar-refractivity contribution in [1.82, 2.24) is 0 Å². The summed E-state index contributed by atoms with van der Waals surface area (Å²) in [6, 6.07) is 28.1. The number of para-hydroxylation sites is 1. The number of hydrogen-bond acceptors (Lipinski definition) is 3. The van der Waals surface area contributed by atoms with Gasteiger partial charge in [0.1, 0.15) is 5.92 Å². The van der Waals surface area contributed by atoms with Crippen LogP contribution in [-0.4, -0.2) is 18.0 Å². The van der Waals surface area contributed by atoms with Crippen LogP contribution in [0.4, 0.5) is 5.69 Å². The SMILES string of the molecule is CCC(OC(=O)C(c1ccccc1)c1ccccc1)C(=O)Nc1ccccc1. The number of carbonyl (C=O) groups is 2. The van der Waals surface area contributed by atoms with Gasteiger partial charge in [0.05, 0.1) is 0 Å². The monoisotopic (exact) mass is 373 g/mol. The molecule has 3 aromatic rings. The number of amides is 1. The highest BCUT2D eigenvalue weighted by molar-refractivity contribution is 5.96. The smallest absolute Gasteiger partial charge is 0.318 e. The lowest BCUT2D eigenvalue weighted by Gasteiger charge is -2.21. The minimum Gasteiger partial charge on any atom is -0.452 e. The van der Waals surface area contributed by atoms with Crippen molar-refractivity contribution in [2.45, 2.75) is 25.4 Å². The average Bonchev–Trinajstić information content (AvgIpc) is 2.74. The molecule has 0 radical (unpaired) electrons. The van der Waals surface area contributed by atoms with Gasteiger partial charge in [0, 0.05) is 5.69 Å². The molecule has 1 unspecified atom stereocenters. The predicted molar refractivity (Wildman–Crippen MR) is 110 cm³/mol.